The fourth-order valence-corrected chi connectivity index (χ4v) is 4.57. The molecular formula is C21H27F3N4O. The summed E-state index contributed by atoms with van der Waals surface area (Å²) in [6.07, 6.45) is -1.01. The Morgan fingerprint density at radius 3 is 2.52 bits per heavy atom. The molecule has 0 aromatic carbocycles. The van der Waals surface area contributed by atoms with Gasteiger partial charge < -0.3 is 14.2 Å². The van der Waals surface area contributed by atoms with Gasteiger partial charge in [-0.15, -0.1) is 0 Å². The molecule has 2 aromatic heterocycles. The van der Waals surface area contributed by atoms with Crippen LogP contribution >= 0.6 is 0 Å². The number of hydrogen-bond acceptors (Lipinski definition) is 4. The maximum absolute atomic E-state index is 13.3. The third-order valence-corrected chi connectivity index (χ3v) is 6.12. The minimum absolute atomic E-state index is 0.0161. The molecule has 3 atom stereocenters. The van der Waals surface area contributed by atoms with Crippen molar-refractivity contribution in [1.29, 1.82) is 0 Å². The summed E-state index contributed by atoms with van der Waals surface area (Å²) in [7, 11) is 1.71. The zero-order valence-electron chi connectivity index (χ0n) is 17.2. The number of alkyl halides is 3. The molecule has 2 fully saturated rings. The molecule has 2 aliphatic rings. The second-order valence-electron chi connectivity index (χ2n) is 8.47. The van der Waals surface area contributed by atoms with Crippen LogP contribution in [0.5, 0.6) is 0 Å². The van der Waals surface area contributed by atoms with Crippen molar-refractivity contribution in [3.8, 4) is 11.3 Å². The Balaban J connectivity index is 1.60. The number of piperidine rings is 1. The Kier molecular flexibility index (Phi) is 5.19. The fourth-order valence-electron chi connectivity index (χ4n) is 4.57. The number of ether oxygens (including phenoxy) is 1. The van der Waals surface area contributed by atoms with Crippen LogP contribution in [-0.2, 0) is 10.9 Å². The van der Waals surface area contributed by atoms with Gasteiger partial charge in [-0.1, -0.05) is 13.8 Å². The summed E-state index contributed by atoms with van der Waals surface area (Å²) in [5.74, 6) is 2.27. The number of pyridine rings is 1. The first kappa shape index (κ1) is 20.3. The van der Waals surface area contributed by atoms with Crippen molar-refractivity contribution in [2.24, 2.45) is 11.8 Å². The SMILES string of the molecule is COCCN1C[C@@H]2C(n3cc(-c4cnc(C)c(C(F)(F)F)c4)nc3C(C)C)[C@@H]2C1. The van der Waals surface area contributed by atoms with Crippen LogP contribution < -0.4 is 0 Å². The lowest BCUT2D eigenvalue weighted by molar-refractivity contribution is -0.138. The second-order valence-corrected chi connectivity index (χ2v) is 8.47. The molecule has 5 nitrogen and oxygen atoms in total. The molecule has 3 heterocycles. The van der Waals surface area contributed by atoms with Crippen molar-refractivity contribution in [2.75, 3.05) is 33.4 Å². The molecule has 0 N–H and O–H groups in total. The van der Waals surface area contributed by atoms with E-state index >= 15 is 0 Å². The number of halogens is 3. The highest BCUT2D eigenvalue weighted by Gasteiger charge is 2.57. The van der Waals surface area contributed by atoms with Crippen LogP contribution in [0.3, 0.4) is 0 Å². The van der Waals surface area contributed by atoms with Gasteiger partial charge in [0, 0.05) is 62.4 Å². The highest BCUT2D eigenvalue weighted by Crippen LogP contribution is 2.56. The van der Waals surface area contributed by atoms with E-state index in [1.165, 1.54) is 19.2 Å². The van der Waals surface area contributed by atoms with Crippen LogP contribution in [0.25, 0.3) is 11.3 Å². The highest BCUT2D eigenvalue weighted by atomic mass is 19.4. The Morgan fingerprint density at radius 1 is 1.24 bits per heavy atom. The highest BCUT2D eigenvalue weighted by molar-refractivity contribution is 5.59. The molecule has 1 saturated heterocycles. The summed E-state index contributed by atoms with van der Waals surface area (Å²) in [5, 5.41) is 0. The van der Waals surface area contributed by atoms with Gasteiger partial charge in [0.2, 0.25) is 0 Å². The summed E-state index contributed by atoms with van der Waals surface area (Å²) >= 11 is 0. The van der Waals surface area contributed by atoms with Gasteiger partial charge in [0.25, 0.3) is 0 Å². The molecule has 1 aliphatic heterocycles. The third kappa shape index (κ3) is 3.80. The van der Waals surface area contributed by atoms with E-state index < -0.39 is 11.7 Å². The van der Waals surface area contributed by atoms with Gasteiger partial charge in [-0.3, -0.25) is 4.98 Å². The van der Waals surface area contributed by atoms with Crippen LogP contribution in [0, 0.1) is 18.8 Å². The minimum atomic E-state index is -4.42. The topological polar surface area (TPSA) is 43.2 Å². The number of fused-ring (bicyclic) bond motifs is 1. The van der Waals surface area contributed by atoms with Crippen molar-refractivity contribution in [2.45, 2.75) is 38.9 Å². The van der Waals surface area contributed by atoms with Crippen LogP contribution in [-0.4, -0.2) is 52.8 Å². The molecule has 1 saturated carbocycles. The molecule has 1 unspecified atom stereocenters. The average Bonchev–Trinajstić information content (AvgIpc) is 3.00. The number of nitrogens with zero attached hydrogens (tertiary/aromatic N) is 4. The van der Waals surface area contributed by atoms with E-state index in [1.54, 1.807) is 7.11 Å². The van der Waals surface area contributed by atoms with Gasteiger partial charge in [0.05, 0.1) is 17.9 Å². The fraction of sp³-hybridized carbons (Fsp3) is 0.619. The predicted octanol–water partition coefficient (Wildman–Crippen LogP) is 4.14. The quantitative estimate of drug-likeness (QED) is 0.720. The number of likely N-dealkylation sites (tertiary alicyclic amines) is 1. The lowest BCUT2D eigenvalue weighted by Crippen LogP contribution is -2.28. The molecule has 2 aromatic rings. The van der Waals surface area contributed by atoms with Crippen LogP contribution in [0.15, 0.2) is 18.5 Å². The number of imidazole rings is 1. The Bertz CT molecular complexity index is 881. The molecular weight excluding hydrogens is 381 g/mol. The van der Waals surface area contributed by atoms with E-state index in [4.69, 9.17) is 9.72 Å². The molecule has 1 aliphatic carbocycles. The van der Waals surface area contributed by atoms with E-state index in [1.807, 2.05) is 6.20 Å². The first-order chi connectivity index (χ1) is 13.7. The Hall–Kier alpha value is -1.93. The van der Waals surface area contributed by atoms with Gasteiger partial charge in [0.1, 0.15) is 5.82 Å². The van der Waals surface area contributed by atoms with E-state index in [2.05, 4.69) is 28.3 Å². The van der Waals surface area contributed by atoms with Gasteiger partial charge >= 0.3 is 6.18 Å². The molecule has 0 radical (unpaired) electrons. The van der Waals surface area contributed by atoms with E-state index in [-0.39, 0.29) is 11.6 Å². The standard InChI is InChI=1S/C21H27F3N4O/c1-12(2)20-26-18(14-7-17(21(22,23)24)13(3)25-8-14)11-28(20)19-15-9-27(5-6-29-4)10-16(15)19/h7-8,11-12,15-16,19H,5-6,9-10H2,1-4H3/t15-,16+,19?. The number of hydrogen-bond donors (Lipinski definition) is 0. The predicted molar refractivity (Wildman–Crippen MR) is 104 cm³/mol. The molecule has 0 bridgehead atoms. The maximum Gasteiger partial charge on any atom is 0.418 e. The summed E-state index contributed by atoms with van der Waals surface area (Å²) in [4.78, 5) is 11.1. The smallest absolute Gasteiger partial charge is 0.383 e. The molecule has 0 amide bonds. The molecule has 29 heavy (non-hydrogen) atoms. The van der Waals surface area contributed by atoms with Crippen molar-refractivity contribution in [3.05, 3.63) is 35.5 Å². The normalized spacial score (nSPS) is 24.3. The molecule has 4 rings (SSSR count). The maximum atomic E-state index is 13.3. The van der Waals surface area contributed by atoms with Crippen LogP contribution in [0.2, 0.25) is 0 Å². The number of methoxy groups -OCH3 is 1. The zero-order chi connectivity index (χ0) is 20.9. The number of aromatic nitrogens is 3. The summed E-state index contributed by atoms with van der Waals surface area (Å²) in [5.41, 5.74) is 0.259. The number of aryl methyl sites for hydroxylation is 1. The van der Waals surface area contributed by atoms with Gasteiger partial charge in [-0.25, -0.2) is 4.98 Å². The van der Waals surface area contributed by atoms with Crippen molar-refractivity contribution in [3.63, 3.8) is 0 Å². The monoisotopic (exact) mass is 408 g/mol. The Morgan fingerprint density at radius 2 is 1.93 bits per heavy atom. The van der Waals surface area contributed by atoms with E-state index in [0.29, 0.717) is 29.1 Å². The third-order valence-electron chi connectivity index (χ3n) is 6.12. The van der Waals surface area contributed by atoms with E-state index in [0.717, 1.165) is 32.1 Å². The molecule has 0 spiro atoms. The minimum Gasteiger partial charge on any atom is -0.383 e. The number of rotatable bonds is 6. The van der Waals surface area contributed by atoms with Gasteiger partial charge in [0.15, 0.2) is 0 Å². The summed E-state index contributed by atoms with van der Waals surface area (Å²) in [6.45, 7) is 9.27. The lowest BCUT2D eigenvalue weighted by Gasteiger charge is -2.20. The van der Waals surface area contributed by atoms with E-state index in [9.17, 15) is 13.2 Å². The zero-order valence-corrected chi connectivity index (χ0v) is 17.2. The molecule has 8 heteroatoms. The molecule has 158 valence electrons. The van der Waals surface area contributed by atoms with Crippen molar-refractivity contribution >= 4 is 0 Å². The van der Waals surface area contributed by atoms with Crippen molar-refractivity contribution < 1.29 is 17.9 Å². The van der Waals surface area contributed by atoms with Crippen LogP contribution in [0.1, 0.15) is 42.9 Å². The van der Waals surface area contributed by atoms with Gasteiger partial charge in [-0.2, -0.15) is 13.2 Å². The largest absolute Gasteiger partial charge is 0.418 e. The first-order valence-corrected chi connectivity index (χ1v) is 10.0. The lowest BCUT2D eigenvalue weighted by atomic mass is 10.1. The Labute approximate surface area is 168 Å². The summed E-state index contributed by atoms with van der Waals surface area (Å²) < 4.78 is 47.3. The first-order valence-electron chi connectivity index (χ1n) is 10.0. The second kappa shape index (κ2) is 7.40. The van der Waals surface area contributed by atoms with Crippen molar-refractivity contribution in [1.82, 2.24) is 19.4 Å². The van der Waals surface area contributed by atoms with Gasteiger partial charge in [-0.05, 0) is 24.8 Å². The summed E-state index contributed by atoms with van der Waals surface area (Å²) in [6, 6.07) is 1.55. The van der Waals surface area contributed by atoms with Crippen LogP contribution in [0.4, 0.5) is 13.2 Å². The average molecular weight is 408 g/mol.